The summed E-state index contributed by atoms with van der Waals surface area (Å²) in [6.45, 7) is 0.571. The average Bonchev–Trinajstić information content (AvgIpc) is 2.67. The molecule has 0 amide bonds. The third-order valence-electron chi connectivity index (χ3n) is 1.77. The number of ether oxygens (including phenoxy) is 1. The maximum absolute atomic E-state index is 5.85. The van der Waals surface area contributed by atoms with Crippen molar-refractivity contribution in [3.63, 3.8) is 0 Å². The van der Waals surface area contributed by atoms with Crippen LogP contribution in [0.15, 0.2) is 41.8 Å². The molecule has 3 heteroatoms. The van der Waals surface area contributed by atoms with Crippen molar-refractivity contribution in [3.05, 3.63) is 52.4 Å². The van der Waals surface area contributed by atoms with Gasteiger partial charge in [-0.2, -0.15) is 0 Å². The van der Waals surface area contributed by atoms with Crippen LogP contribution in [0.3, 0.4) is 0 Å². The van der Waals surface area contributed by atoms with E-state index in [1.54, 1.807) is 11.3 Å². The third-order valence-corrected chi connectivity index (χ3v) is 2.78. The van der Waals surface area contributed by atoms with Gasteiger partial charge in [-0.1, -0.05) is 23.7 Å². The molecule has 0 aliphatic rings. The van der Waals surface area contributed by atoms with Crippen molar-refractivity contribution in [1.82, 2.24) is 0 Å². The van der Waals surface area contributed by atoms with Gasteiger partial charge in [0.2, 0.25) is 0 Å². The Balaban J connectivity index is 1.98. The van der Waals surface area contributed by atoms with Crippen LogP contribution in [0.2, 0.25) is 5.02 Å². The van der Waals surface area contributed by atoms with Crippen LogP contribution in [0.25, 0.3) is 0 Å². The summed E-state index contributed by atoms with van der Waals surface area (Å²) in [5.74, 6) is 0. The normalized spacial score (nSPS) is 10.1. The van der Waals surface area contributed by atoms with Crippen LogP contribution in [-0.4, -0.2) is 0 Å². The summed E-state index contributed by atoms with van der Waals surface area (Å²) in [4.78, 5) is 0. The molecule has 1 heterocycles. The molecule has 0 saturated heterocycles. The van der Waals surface area contributed by atoms with Crippen molar-refractivity contribution in [2.24, 2.45) is 0 Å². The molecule has 0 aliphatic heterocycles. The lowest BCUT2D eigenvalue weighted by molar-refractivity contribution is 0.315. The molecular weight excluding hydrogens is 216 g/mol. The lowest BCUT2D eigenvalue weighted by Gasteiger charge is -2.03. The van der Waals surface area contributed by atoms with E-state index in [1.165, 1.54) is 0 Å². The summed E-state index contributed by atoms with van der Waals surface area (Å²) >= 11 is 7.44. The van der Waals surface area contributed by atoms with Gasteiger partial charge in [0.25, 0.3) is 0 Å². The summed E-state index contributed by atoms with van der Waals surface area (Å²) in [6.07, 6.45) is 0. The highest BCUT2D eigenvalue weighted by molar-refractivity contribution is 7.11. The molecule has 0 aliphatic carbocycles. The monoisotopic (exact) mass is 224 g/mol. The van der Waals surface area contributed by atoms with Gasteiger partial charge in [0.15, 0.2) is 5.06 Å². The van der Waals surface area contributed by atoms with E-state index in [2.05, 4.69) is 0 Å². The average molecular weight is 225 g/mol. The molecule has 0 spiro atoms. The molecule has 72 valence electrons. The molecule has 0 fully saturated rings. The fourth-order valence-corrected chi connectivity index (χ4v) is 1.92. The van der Waals surface area contributed by atoms with E-state index >= 15 is 0 Å². The van der Waals surface area contributed by atoms with Gasteiger partial charge >= 0.3 is 0 Å². The number of thiophene rings is 1. The van der Waals surface area contributed by atoms with Gasteiger partial charge in [0.1, 0.15) is 6.61 Å². The zero-order valence-electron chi connectivity index (χ0n) is 7.44. The Morgan fingerprint density at radius 3 is 2.86 bits per heavy atom. The standard InChI is InChI=1S/C11H9ClOS/c12-10-4-1-3-9(7-10)8-13-11-5-2-6-14-11/h1-7H,8H2. The van der Waals surface area contributed by atoms with Gasteiger partial charge in [-0.25, -0.2) is 0 Å². The Morgan fingerprint density at radius 1 is 1.21 bits per heavy atom. The van der Waals surface area contributed by atoms with Gasteiger partial charge in [-0.3, -0.25) is 0 Å². The van der Waals surface area contributed by atoms with Crippen LogP contribution in [-0.2, 0) is 6.61 Å². The van der Waals surface area contributed by atoms with Crippen LogP contribution < -0.4 is 4.74 Å². The molecular formula is C11H9ClOS. The Hall–Kier alpha value is -0.990. The van der Waals surface area contributed by atoms with Crippen molar-refractivity contribution in [2.45, 2.75) is 6.61 Å². The zero-order valence-corrected chi connectivity index (χ0v) is 9.02. The SMILES string of the molecule is Clc1cccc(COc2cccs2)c1. The Bertz CT molecular complexity index is 397. The predicted octanol–water partition coefficient (Wildman–Crippen LogP) is 3.98. The number of halogens is 1. The van der Waals surface area contributed by atoms with Crippen molar-refractivity contribution in [2.75, 3.05) is 0 Å². The lowest BCUT2D eigenvalue weighted by Crippen LogP contribution is -1.92. The molecule has 1 aromatic carbocycles. The molecule has 0 unspecified atom stereocenters. The molecule has 1 aromatic heterocycles. The number of rotatable bonds is 3. The van der Waals surface area contributed by atoms with Crippen LogP contribution in [0.5, 0.6) is 5.06 Å². The Labute approximate surface area is 91.9 Å². The first-order valence-corrected chi connectivity index (χ1v) is 5.51. The van der Waals surface area contributed by atoms with Crippen molar-refractivity contribution in [1.29, 1.82) is 0 Å². The number of hydrogen-bond acceptors (Lipinski definition) is 2. The molecule has 0 bridgehead atoms. The topological polar surface area (TPSA) is 9.23 Å². The van der Waals surface area contributed by atoms with Crippen molar-refractivity contribution < 1.29 is 4.74 Å². The summed E-state index contributed by atoms with van der Waals surface area (Å²) in [6, 6.07) is 11.6. The number of benzene rings is 1. The van der Waals surface area contributed by atoms with Gasteiger partial charge < -0.3 is 4.74 Å². The fraction of sp³-hybridized carbons (Fsp3) is 0.0909. The minimum Gasteiger partial charge on any atom is -0.479 e. The van der Waals surface area contributed by atoms with E-state index in [1.807, 2.05) is 41.8 Å². The minimum atomic E-state index is 0.571. The molecule has 2 aromatic rings. The van der Waals surface area contributed by atoms with E-state index in [-0.39, 0.29) is 0 Å². The highest BCUT2D eigenvalue weighted by Crippen LogP contribution is 2.20. The largest absolute Gasteiger partial charge is 0.479 e. The fourth-order valence-electron chi connectivity index (χ4n) is 1.13. The quantitative estimate of drug-likeness (QED) is 0.766. The number of hydrogen-bond donors (Lipinski definition) is 0. The van der Waals surface area contributed by atoms with Crippen LogP contribution >= 0.6 is 22.9 Å². The van der Waals surface area contributed by atoms with E-state index < -0.39 is 0 Å². The highest BCUT2D eigenvalue weighted by atomic mass is 35.5. The van der Waals surface area contributed by atoms with Crippen LogP contribution in [0, 0.1) is 0 Å². The first-order valence-electron chi connectivity index (χ1n) is 4.25. The van der Waals surface area contributed by atoms with Gasteiger partial charge in [-0.15, -0.1) is 11.3 Å². The van der Waals surface area contributed by atoms with Crippen molar-refractivity contribution >= 4 is 22.9 Å². The second-order valence-corrected chi connectivity index (χ2v) is 4.20. The maximum Gasteiger partial charge on any atom is 0.174 e. The molecule has 14 heavy (non-hydrogen) atoms. The summed E-state index contributed by atoms with van der Waals surface area (Å²) in [5.41, 5.74) is 1.09. The first kappa shape index (κ1) is 9.56. The molecule has 2 rings (SSSR count). The maximum atomic E-state index is 5.85. The Morgan fingerprint density at radius 2 is 2.14 bits per heavy atom. The Kier molecular flexibility index (Phi) is 3.07. The molecule has 0 N–H and O–H groups in total. The second-order valence-electron chi connectivity index (χ2n) is 2.85. The van der Waals surface area contributed by atoms with E-state index in [4.69, 9.17) is 16.3 Å². The zero-order chi connectivity index (χ0) is 9.80. The molecule has 1 nitrogen and oxygen atoms in total. The van der Waals surface area contributed by atoms with E-state index in [9.17, 15) is 0 Å². The minimum absolute atomic E-state index is 0.571. The van der Waals surface area contributed by atoms with Gasteiger partial charge in [-0.05, 0) is 35.2 Å². The van der Waals surface area contributed by atoms with Crippen molar-refractivity contribution in [3.8, 4) is 5.06 Å². The molecule has 0 radical (unpaired) electrons. The molecule has 0 saturated carbocycles. The van der Waals surface area contributed by atoms with Gasteiger partial charge in [0, 0.05) is 5.02 Å². The highest BCUT2D eigenvalue weighted by Gasteiger charge is 1.96. The van der Waals surface area contributed by atoms with Crippen LogP contribution in [0.1, 0.15) is 5.56 Å². The first-order chi connectivity index (χ1) is 6.84. The third kappa shape index (κ3) is 2.50. The second kappa shape index (κ2) is 4.49. The lowest BCUT2D eigenvalue weighted by atomic mass is 10.2. The van der Waals surface area contributed by atoms with E-state index in [0.29, 0.717) is 6.61 Å². The van der Waals surface area contributed by atoms with E-state index in [0.717, 1.165) is 15.6 Å². The smallest absolute Gasteiger partial charge is 0.174 e. The summed E-state index contributed by atoms with van der Waals surface area (Å²) in [7, 11) is 0. The van der Waals surface area contributed by atoms with Crippen LogP contribution in [0.4, 0.5) is 0 Å². The summed E-state index contributed by atoms with van der Waals surface area (Å²) in [5, 5.41) is 3.68. The summed E-state index contributed by atoms with van der Waals surface area (Å²) < 4.78 is 5.55. The predicted molar refractivity (Wildman–Crippen MR) is 60.1 cm³/mol. The van der Waals surface area contributed by atoms with Gasteiger partial charge in [0.05, 0.1) is 0 Å². The molecule has 0 atom stereocenters.